The highest BCUT2D eigenvalue weighted by atomic mass is 16.2. The summed E-state index contributed by atoms with van der Waals surface area (Å²) in [4.78, 5) is 71.1. The Hall–Kier alpha value is -5.26. The number of benzene rings is 2. The molecule has 6 rings (SSSR count). The lowest BCUT2D eigenvalue weighted by atomic mass is 9.86. The van der Waals surface area contributed by atoms with Crippen LogP contribution in [-0.2, 0) is 19.2 Å². The fraction of sp³-hybridized carbons (Fsp3) is 0.476. The van der Waals surface area contributed by atoms with Crippen LogP contribution in [0.1, 0.15) is 104 Å². The monoisotopic (exact) mass is 734 g/mol. The highest BCUT2D eigenvalue weighted by molar-refractivity contribution is 6.35. The number of hydrogen-bond donors (Lipinski definition) is 4. The van der Waals surface area contributed by atoms with Gasteiger partial charge in [0, 0.05) is 26.2 Å². The van der Waals surface area contributed by atoms with Gasteiger partial charge in [-0.25, -0.2) is 9.97 Å². The number of likely N-dealkylation sites (tertiary alicyclic amines) is 2. The third kappa shape index (κ3) is 8.91. The van der Waals surface area contributed by atoms with Gasteiger partial charge in [0.15, 0.2) is 0 Å². The van der Waals surface area contributed by atoms with Crippen LogP contribution in [0.4, 0.5) is 0 Å². The first-order valence-corrected chi connectivity index (χ1v) is 19.2. The molecule has 2 aliphatic heterocycles. The second kappa shape index (κ2) is 16.0. The van der Waals surface area contributed by atoms with Crippen LogP contribution < -0.4 is 10.6 Å². The van der Waals surface area contributed by atoms with Crippen LogP contribution in [0, 0.1) is 10.8 Å². The SMILES string of the molecule is CC(C)(C)[C@H](NC(=O)C(=O)N1CCCCC1)c1ncc(-c2ccc(-c3ccc(-c4cnc([C@@H](NC(=O)C(=O)N5CCCCC5)C(C)(C)C)[nH]4)cc3)cc2)[nH]1. The van der Waals surface area contributed by atoms with Gasteiger partial charge in [0.1, 0.15) is 11.6 Å². The molecule has 4 aromatic rings. The molecule has 54 heavy (non-hydrogen) atoms. The highest BCUT2D eigenvalue weighted by Gasteiger charge is 2.35. The average Bonchev–Trinajstić information content (AvgIpc) is 3.86. The van der Waals surface area contributed by atoms with Crippen molar-refractivity contribution in [3.05, 3.63) is 72.6 Å². The molecule has 0 radical (unpaired) electrons. The second-order valence-electron chi connectivity index (χ2n) is 16.8. The van der Waals surface area contributed by atoms with Crippen molar-refractivity contribution in [1.82, 2.24) is 40.4 Å². The molecule has 4 amide bonds. The number of nitrogens with zero attached hydrogens (tertiary/aromatic N) is 4. The Balaban J connectivity index is 1.11. The molecule has 0 saturated carbocycles. The number of H-pyrrole nitrogens is 2. The summed E-state index contributed by atoms with van der Waals surface area (Å²) in [6.07, 6.45) is 9.37. The lowest BCUT2D eigenvalue weighted by Gasteiger charge is -2.31. The second-order valence-corrected chi connectivity index (χ2v) is 16.8. The first-order chi connectivity index (χ1) is 25.7. The molecule has 4 N–H and O–H groups in total. The maximum Gasteiger partial charge on any atom is 0.311 e. The molecule has 0 aliphatic carbocycles. The fourth-order valence-corrected chi connectivity index (χ4v) is 7.20. The van der Waals surface area contributed by atoms with Gasteiger partial charge in [0.05, 0.1) is 35.9 Å². The molecule has 2 aromatic heterocycles. The van der Waals surface area contributed by atoms with Gasteiger partial charge < -0.3 is 30.4 Å². The van der Waals surface area contributed by atoms with Crippen LogP contribution in [0.15, 0.2) is 60.9 Å². The van der Waals surface area contributed by atoms with Gasteiger partial charge in [-0.2, -0.15) is 0 Å². The van der Waals surface area contributed by atoms with E-state index in [1.54, 1.807) is 22.2 Å². The minimum Gasteiger partial charge on any atom is -0.340 e. The van der Waals surface area contributed by atoms with Gasteiger partial charge in [0.2, 0.25) is 0 Å². The minimum absolute atomic E-state index is 0.391. The average molecular weight is 735 g/mol. The summed E-state index contributed by atoms with van der Waals surface area (Å²) >= 11 is 0. The zero-order chi connectivity index (χ0) is 38.6. The lowest BCUT2D eigenvalue weighted by Crippen LogP contribution is -2.48. The van der Waals surface area contributed by atoms with Crippen molar-refractivity contribution in [2.24, 2.45) is 10.8 Å². The highest BCUT2D eigenvalue weighted by Crippen LogP contribution is 2.35. The van der Waals surface area contributed by atoms with Crippen LogP contribution in [0.2, 0.25) is 0 Å². The molecule has 4 heterocycles. The quantitative estimate of drug-likeness (QED) is 0.158. The van der Waals surface area contributed by atoms with E-state index >= 15 is 0 Å². The molecule has 2 aromatic carbocycles. The Kier molecular flexibility index (Phi) is 11.4. The van der Waals surface area contributed by atoms with Crippen LogP contribution in [0.3, 0.4) is 0 Å². The van der Waals surface area contributed by atoms with Crippen molar-refractivity contribution < 1.29 is 19.2 Å². The summed E-state index contributed by atoms with van der Waals surface area (Å²) in [6.45, 7) is 14.6. The molecular formula is C42H54N8O4. The number of rotatable bonds is 7. The van der Waals surface area contributed by atoms with E-state index in [1.165, 1.54) is 0 Å². The van der Waals surface area contributed by atoms with Crippen molar-refractivity contribution >= 4 is 23.6 Å². The van der Waals surface area contributed by atoms with Crippen LogP contribution >= 0.6 is 0 Å². The van der Waals surface area contributed by atoms with E-state index in [1.807, 2.05) is 65.8 Å². The van der Waals surface area contributed by atoms with E-state index in [-0.39, 0.29) is 0 Å². The van der Waals surface area contributed by atoms with E-state index in [4.69, 9.17) is 0 Å². The van der Waals surface area contributed by atoms with Crippen molar-refractivity contribution in [2.45, 2.75) is 92.2 Å². The molecule has 2 fully saturated rings. The molecule has 2 atom stereocenters. The number of hydrogen-bond acceptors (Lipinski definition) is 6. The topological polar surface area (TPSA) is 156 Å². The number of aromatic amines is 2. The van der Waals surface area contributed by atoms with Gasteiger partial charge in [-0.3, -0.25) is 19.2 Å². The molecule has 12 heteroatoms. The van der Waals surface area contributed by atoms with Crippen molar-refractivity contribution in [2.75, 3.05) is 26.2 Å². The standard InChI is InChI=1S/C42H54N8O4/c1-41(2,3)33(47-37(51)39(53)49-21-9-7-10-22-49)35-43-25-31(45-35)29-17-13-27(14-18-29)28-15-19-30(20-16-28)32-26-44-36(46-32)34(42(4,5)6)48-38(52)40(54)50-23-11-8-12-24-50/h13-20,25-26,33-34H,7-12,21-24H2,1-6H3,(H,43,45)(H,44,46)(H,47,51)(H,48,52)/t33-,34-/m1/s1. The van der Waals surface area contributed by atoms with Crippen LogP contribution in [-0.4, -0.2) is 79.5 Å². The normalized spacial score (nSPS) is 16.4. The Morgan fingerprint density at radius 1 is 0.537 bits per heavy atom. The molecule has 0 spiro atoms. The van der Waals surface area contributed by atoms with Gasteiger partial charge in [-0.15, -0.1) is 0 Å². The lowest BCUT2D eigenvalue weighted by molar-refractivity contribution is -0.147. The zero-order valence-corrected chi connectivity index (χ0v) is 32.4. The summed E-state index contributed by atoms with van der Waals surface area (Å²) < 4.78 is 0. The van der Waals surface area contributed by atoms with Gasteiger partial charge in [0.25, 0.3) is 0 Å². The Labute approximate surface area is 317 Å². The van der Waals surface area contributed by atoms with Crippen LogP contribution in [0.5, 0.6) is 0 Å². The summed E-state index contributed by atoms with van der Waals surface area (Å²) in [5.74, 6) is -0.966. The molecule has 0 unspecified atom stereocenters. The number of imidazole rings is 2. The molecule has 12 nitrogen and oxygen atoms in total. The Morgan fingerprint density at radius 2 is 0.852 bits per heavy atom. The van der Waals surface area contributed by atoms with Crippen molar-refractivity contribution in [3.63, 3.8) is 0 Å². The van der Waals surface area contributed by atoms with Crippen LogP contribution in [0.25, 0.3) is 33.6 Å². The van der Waals surface area contributed by atoms with Gasteiger partial charge in [-0.05, 0) is 71.6 Å². The molecule has 2 saturated heterocycles. The van der Waals surface area contributed by atoms with Gasteiger partial charge in [-0.1, -0.05) is 90.1 Å². The number of nitrogens with one attached hydrogen (secondary N) is 4. The smallest absolute Gasteiger partial charge is 0.311 e. The van der Waals surface area contributed by atoms with Crippen molar-refractivity contribution in [1.29, 1.82) is 0 Å². The van der Waals surface area contributed by atoms with Gasteiger partial charge >= 0.3 is 23.6 Å². The summed E-state index contributed by atoms with van der Waals surface area (Å²) in [7, 11) is 0. The third-order valence-corrected chi connectivity index (χ3v) is 10.4. The largest absolute Gasteiger partial charge is 0.340 e. The number of amides is 4. The molecule has 286 valence electrons. The van der Waals surface area contributed by atoms with E-state index in [0.717, 1.165) is 72.2 Å². The Morgan fingerprint density at radius 3 is 1.17 bits per heavy atom. The first kappa shape index (κ1) is 38.5. The predicted octanol–water partition coefficient (Wildman–Crippen LogP) is 6.57. The minimum atomic E-state index is -0.600. The van der Waals surface area contributed by atoms with E-state index in [9.17, 15) is 19.2 Å². The number of aromatic nitrogens is 4. The van der Waals surface area contributed by atoms with E-state index in [0.29, 0.717) is 37.8 Å². The number of piperidine rings is 2. The summed E-state index contributed by atoms with van der Waals surface area (Å²) in [5, 5.41) is 5.91. The third-order valence-electron chi connectivity index (χ3n) is 10.4. The molecule has 2 aliphatic rings. The van der Waals surface area contributed by atoms with E-state index in [2.05, 4.69) is 54.8 Å². The summed E-state index contributed by atoms with van der Waals surface area (Å²) in [5.41, 5.74) is 4.82. The number of carbonyl (C=O) groups is 4. The number of carbonyl (C=O) groups excluding carboxylic acids is 4. The van der Waals surface area contributed by atoms with E-state index < -0.39 is 46.5 Å². The Bertz CT molecular complexity index is 1790. The van der Waals surface area contributed by atoms with Crippen molar-refractivity contribution in [3.8, 4) is 33.6 Å². The summed E-state index contributed by atoms with van der Waals surface area (Å²) in [6, 6.07) is 15.4. The predicted molar refractivity (Wildman–Crippen MR) is 209 cm³/mol. The molecular weight excluding hydrogens is 681 g/mol. The zero-order valence-electron chi connectivity index (χ0n) is 32.4. The maximum atomic E-state index is 13.0. The first-order valence-electron chi connectivity index (χ1n) is 19.2. The molecule has 0 bridgehead atoms. The maximum absolute atomic E-state index is 13.0. The fourth-order valence-electron chi connectivity index (χ4n) is 7.20.